The molecule has 3 aromatic rings. The van der Waals surface area contributed by atoms with Gasteiger partial charge in [0.2, 0.25) is 0 Å². The topological polar surface area (TPSA) is 46.5 Å². The summed E-state index contributed by atoms with van der Waals surface area (Å²) < 4.78 is 5.69. The van der Waals surface area contributed by atoms with Crippen molar-refractivity contribution in [2.24, 2.45) is 0 Å². The van der Waals surface area contributed by atoms with E-state index in [1.165, 1.54) is 0 Å². The first kappa shape index (κ1) is 15.0. The van der Waals surface area contributed by atoms with E-state index >= 15 is 0 Å². The Labute approximate surface area is 134 Å². The molecule has 0 saturated carbocycles. The molecule has 0 fully saturated rings. The van der Waals surface area contributed by atoms with Crippen LogP contribution in [0.1, 0.15) is 22.0 Å². The second kappa shape index (κ2) is 6.90. The molecule has 0 radical (unpaired) electrons. The largest absolute Gasteiger partial charge is 0.457 e. The summed E-state index contributed by atoms with van der Waals surface area (Å²) in [6.45, 7) is 0. The number of aliphatic hydroxyl groups is 1. The molecule has 0 aliphatic carbocycles. The standard InChI is InChI=1S/C20H16O3/c21-19(15-7-3-1-4-8-15)20(22)16-11-13-18(14-12-16)23-17-9-5-2-6-10-17/h1-14,20,22H. The van der Waals surface area contributed by atoms with Crippen LogP contribution in [0.15, 0.2) is 84.9 Å². The Morgan fingerprint density at radius 1 is 0.739 bits per heavy atom. The number of para-hydroxylation sites is 1. The van der Waals surface area contributed by atoms with Gasteiger partial charge in [0.25, 0.3) is 0 Å². The number of Topliss-reactive ketones (excluding diaryl/α,β-unsaturated/α-hetero) is 1. The smallest absolute Gasteiger partial charge is 0.195 e. The Hall–Kier alpha value is -2.91. The summed E-state index contributed by atoms with van der Waals surface area (Å²) in [6.07, 6.45) is -1.18. The van der Waals surface area contributed by atoms with Crippen LogP contribution < -0.4 is 4.74 Å². The van der Waals surface area contributed by atoms with Gasteiger partial charge < -0.3 is 9.84 Å². The highest BCUT2D eigenvalue weighted by Gasteiger charge is 2.18. The first-order chi connectivity index (χ1) is 11.2. The van der Waals surface area contributed by atoms with Crippen molar-refractivity contribution in [1.82, 2.24) is 0 Å². The molecule has 0 bridgehead atoms. The van der Waals surface area contributed by atoms with Gasteiger partial charge in [-0.25, -0.2) is 0 Å². The number of carbonyl (C=O) groups is 1. The van der Waals surface area contributed by atoms with Crippen LogP contribution in [0.3, 0.4) is 0 Å². The lowest BCUT2D eigenvalue weighted by Crippen LogP contribution is -2.12. The van der Waals surface area contributed by atoms with Gasteiger partial charge in [0.05, 0.1) is 0 Å². The fourth-order valence-electron chi connectivity index (χ4n) is 2.25. The van der Waals surface area contributed by atoms with Gasteiger partial charge in [-0.1, -0.05) is 60.7 Å². The molecular formula is C20H16O3. The molecule has 1 atom stereocenters. The first-order valence-corrected chi connectivity index (χ1v) is 7.34. The summed E-state index contributed by atoms with van der Waals surface area (Å²) in [5, 5.41) is 10.2. The maximum atomic E-state index is 12.2. The highest BCUT2D eigenvalue weighted by molar-refractivity contribution is 5.99. The minimum atomic E-state index is -1.18. The first-order valence-electron chi connectivity index (χ1n) is 7.34. The highest BCUT2D eigenvalue weighted by atomic mass is 16.5. The Kier molecular flexibility index (Phi) is 4.50. The summed E-state index contributed by atoms with van der Waals surface area (Å²) in [5.41, 5.74) is 1.03. The SMILES string of the molecule is O=C(c1ccccc1)C(O)c1ccc(Oc2ccccc2)cc1. The van der Waals surface area contributed by atoms with Crippen molar-refractivity contribution in [1.29, 1.82) is 0 Å². The molecule has 3 heteroatoms. The zero-order chi connectivity index (χ0) is 16.1. The summed E-state index contributed by atoms with van der Waals surface area (Å²) in [7, 11) is 0. The quantitative estimate of drug-likeness (QED) is 0.711. The van der Waals surface area contributed by atoms with E-state index in [2.05, 4.69) is 0 Å². The summed E-state index contributed by atoms with van der Waals surface area (Å²) in [6, 6.07) is 25.1. The number of carbonyl (C=O) groups excluding carboxylic acids is 1. The fourth-order valence-corrected chi connectivity index (χ4v) is 2.25. The molecule has 23 heavy (non-hydrogen) atoms. The van der Waals surface area contributed by atoms with Gasteiger partial charge in [0, 0.05) is 5.56 Å². The molecule has 0 heterocycles. The zero-order valence-electron chi connectivity index (χ0n) is 12.4. The maximum Gasteiger partial charge on any atom is 0.195 e. The van der Waals surface area contributed by atoms with Crippen molar-refractivity contribution in [3.8, 4) is 11.5 Å². The molecule has 1 N–H and O–H groups in total. The van der Waals surface area contributed by atoms with E-state index in [9.17, 15) is 9.90 Å². The number of rotatable bonds is 5. The molecule has 0 saturated heterocycles. The van der Waals surface area contributed by atoms with Crippen molar-refractivity contribution >= 4 is 5.78 Å². The van der Waals surface area contributed by atoms with E-state index in [-0.39, 0.29) is 5.78 Å². The highest BCUT2D eigenvalue weighted by Crippen LogP contribution is 2.24. The summed E-state index contributed by atoms with van der Waals surface area (Å²) in [5.74, 6) is 1.07. The van der Waals surface area contributed by atoms with Crippen LogP contribution in [-0.2, 0) is 0 Å². The van der Waals surface area contributed by atoms with E-state index in [0.29, 0.717) is 16.9 Å². The third-order valence-corrected chi connectivity index (χ3v) is 3.48. The van der Waals surface area contributed by atoms with Gasteiger partial charge in [-0.3, -0.25) is 4.79 Å². The predicted octanol–water partition coefficient (Wildman–Crippen LogP) is 4.40. The fraction of sp³-hybridized carbons (Fsp3) is 0.0500. The second-order valence-corrected chi connectivity index (χ2v) is 5.12. The minimum absolute atomic E-state index is 0.317. The zero-order valence-corrected chi connectivity index (χ0v) is 12.4. The average Bonchev–Trinajstić information content (AvgIpc) is 2.63. The summed E-state index contributed by atoms with van der Waals surface area (Å²) >= 11 is 0. The van der Waals surface area contributed by atoms with Crippen molar-refractivity contribution in [2.75, 3.05) is 0 Å². The van der Waals surface area contributed by atoms with E-state index in [0.717, 1.165) is 5.75 Å². The normalized spacial score (nSPS) is 11.7. The molecule has 3 nitrogen and oxygen atoms in total. The van der Waals surface area contributed by atoms with E-state index < -0.39 is 6.10 Å². The van der Waals surface area contributed by atoms with Crippen LogP contribution in [0.5, 0.6) is 11.5 Å². The summed E-state index contributed by atoms with van der Waals surface area (Å²) in [4.78, 5) is 12.2. The van der Waals surface area contributed by atoms with Crippen molar-refractivity contribution < 1.29 is 14.6 Å². The van der Waals surface area contributed by atoms with Crippen molar-refractivity contribution in [3.63, 3.8) is 0 Å². The van der Waals surface area contributed by atoms with Gasteiger partial charge in [-0.2, -0.15) is 0 Å². The van der Waals surface area contributed by atoms with Gasteiger partial charge in [-0.05, 0) is 29.8 Å². The minimum Gasteiger partial charge on any atom is -0.457 e. The average molecular weight is 304 g/mol. The molecule has 3 aromatic carbocycles. The maximum absolute atomic E-state index is 12.2. The number of ether oxygens (including phenoxy) is 1. The molecule has 0 spiro atoms. The number of ketones is 1. The van der Waals surface area contributed by atoms with Crippen LogP contribution in [0.25, 0.3) is 0 Å². The van der Waals surface area contributed by atoms with Crippen LogP contribution in [0, 0.1) is 0 Å². The van der Waals surface area contributed by atoms with Gasteiger partial charge >= 0.3 is 0 Å². The molecule has 0 aliphatic rings. The third kappa shape index (κ3) is 3.65. The van der Waals surface area contributed by atoms with Gasteiger partial charge in [0.15, 0.2) is 5.78 Å². The molecule has 3 rings (SSSR count). The van der Waals surface area contributed by atoms with Gasteiger partial charge in [-0.15, -0.1) is 0 Å². The molecular weight excluding hydrogens is 288 g/mol. The van der Waals surface area contributed by atoms with Crippen molar-refractivity contribution in [3.05, 3.63) is 96.1 Å². The van der Waals surface area contributed by atoms with Crippen LogP contribution in [0.4, 0.5) is 0 Å². The molecule has 1 unspecified atom stereocenters. The lowest BCUT2D eigenvalue weighted by Gasteiger charge is -2.11. The molecule has 0 aromatic heterocycles. The van der Waals surface area contributed by atoms with E-state index in [1.807, 2.05) is 36.4 Å². The van der Waals surface area contributed by atoms with E-state index in [4.69, 9.17) is 4.74 Å². The second-order valence-electron chi connectivity index (χ2n) is 5.12. The number of benzene rings is 3. The molecule has 114 valence electrons. The molecule has 0 aliphatic heterocycles. The van der Waals surface area contributed by atoms with Crippen LogP contribution in [-0.4, -0.2) is 10.9 Å². The monoisotopic (exact) mass is 304 g/mol. The molecule has 0 amide bonds. The Bertz CT molecular complexity index is 765. The lowest BCUT2D eigenvalue weighted by molar-refractivity contribution is 0.0747. The van der Waals surface area contributed by atoms with Crippen LogP contribution in [0.2, 0.25) is 0 Å². The van der Waals surface area contributed by atoms with Crippen LogP contribution >= 0.6 is 0 Å². The Morgan fingerprint density at radius 3 is 1.87 bits per heavy atom. The Morgan fingerprint density at radius 2 is 1.26 bits per heavy atom. The van der Waals surface area contributed by atoms with Crippen molar-refractivity contribution in [2.45, 2.75) is 6.10 Å². The number of hydrogen-bond donors (Lipinski definition) is 1. The lowest BCUT2D eigenvalue weighted by atomic mass is 10.00. The predicted molar refractivity (Wildman–Crippen MR) is 88.7 cm³/mol. The third-order valence-electron chi connectivity index (χ3n) is 3.48. The number of hydrogen-bond acceptors (Lipinski definition) is 3. The van der Waals surface area contributed by atoms with E-state index in [1.54, 1.807) is 48.5 Å². The number of aliphatic hydroxyl groups excluding tert-OH is 1. The van der Waals surface area contributed by atoms with Gasteiger partial charge in [0.1, 0.15) is 17.6 Å². The Balaban J connectivity index is 1.73.